The van der Waals surface area contributed by atoms with E-state index in [-0.39, 0.29) is 29.4 Å². The largest absolute Gasteiger partial charge is 0.493 e. The zero-order valence-corrected chi connectivity index (χ0v) is 23.8. The third kappa shape index (κ3) is 5.60. The van der Waals surface area contributed by atoms with Gasteiger partial charge < -0.3 is 14.8 Å². The Kier molecular flexibility index (Phi) is 7.78. The number of aromatic nitrogens is 4. The molecule has 0 spiro atoms. The normalized spacial score (nSPS) is 11.0. The van der Waals surface area contributed by atoms with Gasteiger partial charge in [0.1, 0.15) is 27.8 Å². The number of ether oxygens (including phenoxy) is 2. The molecule has 0 aliphatic carbocycles. The fraction of sp³-hybridized carbons (Fsp3) is 0.0625. The van der Waals surface area contributed by atoms with E-state index in [1.54, 1.807) is 42.0 Å². The molecule has 0 saturated carbocycles. The summed E-state index contributed by atoms with van der Waals surface area (Å²) < 4.78 is 43.1. The Morgan fingerprint density at radius 2 is 1.75 bits per heavy atom. The number of amides is 1. The standard InChI is InChI=1S/C32H22ClF2N5O4/c1-2-43-26-12-15-39(22-6-3-20(34)4-7-22)32(42)29(26)31(41)38-21-5-8-25(24(35)18-21)44-27-10-14-37-40-16-11-23(30(27)40)19-9-13-36-28(33)17-19/h3-18H,2H2,1H3,(H,38,41). The van der Waals surface area contributed by atoms with Gasteiger partial charge >= 0.3 is 0 Å². The van der Waals surface area contributed by atoms with Gasteiger partial charge in [0.15, 0.2) is 17.3 Å². The quantitative estimate of drug-likeness (QED) is 0.187. The number of fused-ring (bicyclic) bond motifs is 1. The lowest BCUT2D eigenvalue weighted by Gasteiger charge is -2.14. The van der Waals surface area contributed by atoms with E-state index < -0.39 is 23.1 Å². The highest BCUT2D eigenvalue weighted by Gasteiger charge is 2.21. The van der Waals surface area contributed by atoms with Crippen molar-refractivity contribution in [1.29, 1.82) is 0 Å². The molecule has 0 saturated heterocycles. The van der Waals surface area contributed by atoms with Gasteiger partial charge in [0, 0.05) is 47.7 Å². The average molecular weight is 614 g/mol. The molecular formula is C32H22ClF2N5O4. The van der Waals surface area contributed by atoms with Crippen molar-refractivity contribution in [2.45, 2.75) is 6.92 Å². The molecule has 0 atom stereocenters. The van der Waals surface area contributed by atoms with Gasteiger partial charge in [0.05, 0.1) is 12.8 Å². The monoisotopic (exact) mass is 613 g/mol. The van der Waals surface area contributed by atoms with Gasteiger partial charge in [0.2, 0.25) is 0 Å². The van der Waals surface area contributed by atoms with Crippen molar-refractivity contribution in [3.8, 4) is 34.1 Å². The maximum Gasteiger partial charge on any atom is 0.271 e. The molecule has 1 N–H and O–H groups in total. The second-order valence-electron chi connectivity index (χ2n) is 9.43. The second kappa shape index (κ2) is 12.0. The minimum absolute atomic E-state index is 0.0500. The maximum atomic E-state index is 15.3. The maximum absolute atomic E-state index is 15.3. The topological polar surface area (TPSA) is 99.8 Å². The second-order valence-corrected chi connectivity index (χ2v) is 9.81. The van der Waals surface area contributed by atoms with Crippen LogP contribution in [-0.4, -0.2) is 31.7 Å². The van der Waals surface area contributed by atoms with Gasteiger partial charge in [-0.15, -0.1) is 0 Å². The first-order valence-electron chi connectivity index (χ1n) is 13.3. The number of carbonyl (C=O) groups excluding carboxylic acids is 1. The molecule has 0 unspecified atom stereocenters. The third-order valence-electron chi connectivity index (χ3n) is 6.65. The summed E-state index contributed by atoms with van der Waals surface area (Å²) in [7, 11) is 0. The van der Waals surface area contributed by atoms with Crippen molar-refractivity contribution in [2.75, 3.05) is 11.9 Å². The van der Waals surface area contributed by atoms with Crippen molar-refractivity contribution in [1.82, 2.24) is 19.2 Å². The smallest absolute Gasteiger partial charge is 0.271 e. The summed E-state index contributed by atoms with van der Waals surface area (Å²) in [5.74, 6) is -1.78. The summed E-state index contributed by atoms with van der Waals surface area (Å²) in [5.41, 5.74) is 1.54. The molecule has 2 aromatic carbocycles. The van der Waals surface area contributed by atoms with Gasteiger partial charge in [-0.3, -0.25) is 14.2 Å². The number of hydrogen-bond acceptors (Lipinski definition) is 6. The number of pyridine rings is 2. The molecule has 220 valence electrons. The van der Waals surface area contributed by atoms with E-state index in [0.29, 0.717) is 22.1 Å². The molecule has 1 amide bonds. The van der Waals surface area contributed by atoms with Gasteiger partial charge in [-0.05, 0) is 73.2 Å². The van der Waals surface area contributed by atoms with Crippen LogP contribution in [0.2, 0.25) is 5.15 Å². The summed E-state index contributed by atoms with van der Waals surface area (Å²) in [6.45, 7) is 1.90. The van der Waals surface area contributed by atoms with Crippen molar-refractivity contribution in [2.24, 2.45) is 0 Å². The van der Waals surface area contributed by atoms with Crippen LogP contribution < -0.4 is 20.3 Å². The highest BCUT2D eigenvalue weighted by Crippen LogP contribution is 2.36. The third-order valence-corrected chi connectivity index (χ3v) is 6.86. The number of anilines is 1. The molecule has 0 radical (unpaired) electrons. The summed E-state index contributed by atoms with van der Waals surface area (Å²) in [5, 5.41) is 7.17. The van der Waals surface area contributed by atoms with Crippen LogP contribution >= 0.6 is 11.6 Å². The van der Waals surface area contributed by atoms with Crippen LogP contribution in [0.25, 0.3) is 22.3 Å². The fourth-order valence-electron chi connectivity index (χ4n) is 4.68. The first-order valence-corrected chi connectivity index (χ1v) is 13.7. The van der Waals surface area contributed by atoms with Crippen LogP contribution in [0.4, 0.5) is 14.5 Å². The predicted octanol–water partition coefficient (Wildman–Crippen LogP) is 6.92. The van der Waals surface area contributed by atoms with Crippen LogP contribution in [0.1, 0.15) is 17.3 Å². The molecule has 0 fully saturated rings. The van der Waals surface area contributed by atoms with Crippen LogP contribution in [0, 0.1) is 11.6 Å². The predicted molar refractivity (Wildman–Crippen MR) is 161 cm³/mol. The molecule has 44 heavy (non-hydrogen) atoms. The van der Waals surface area contributed by atoms with E-state index in [4.69, 9.17) is 21.1 Å². The Morgan fingerprint density at radius 1 is 0.932 bits per heavy atom. The number of carbonyl (C=O) groups is 1. The Morgan fingerprint density at radius 3 is 2.50 bits per heavy atom. The van der Waals surface area contributed by atoms with Gasteiger partial charge in [-0.2, -0.15) is 5.10 Å². The first-order chi connectivity index (χ1) is 21.3. The molecule has 9 nitrogen and oxygen atoms in total. The molecule has 12 heteroatoms. The van der Waals surface area contributed by atoms with Crippen LogP contribution in [0.5, 0.6) is 17.2 Å². The summed E-state index contributed by atoms with van der Waals surface area (Å²) in [6, 6.07) is 17.5. The minimum Gasteiger partial charge on any atom is -0.493 e. The van der Waals surface area contributed by atoms with Crippen LogP contribution in [0.3, 0.4) is 0 Å². The molecule has 4 heterocycles. The lowest BCUT2D eigenvalue weighted by molar-refractivity contribution is 0.102. The molecule has 6 aromatic rings. The van der Waals surface area contributed by atoms with Crippen molar-refractivity contribution in [3.05, 3.63) is 130 Å². The summed E-state index contributed by atoms with van der Waals surface area (Å²) >= 11 is 6.08. The van der Waals surface area contributed by atoms with E-state index in [9.17, 15) is 14.0 Å². The van der Waals surface area contributed by atoms with Crippen molar-refractivity contribution in [3.63, 3.8) is 0 Å². The Bertz CT molecular complexity index is 2080. The fourth-order valence-corrected chi connectivity index (χ4v) is 4.86. The van der Waals surface area contributed by atoms with E-state index in [1.165, 1.54) is 59.4 Å². The number of benzene rings is 2. The zero-order valence-electron chi connectivity index (χ0n) is 23.0. The first kappa shape index (κ1) is 28.6. The molecule has 4 aromatic heterocycles. The van der Waals surface area contributed by atoms with Crippen LogP contribution in [0.15, 0.2) is 102 Å². The Hall–Kier alpha value is -5.55. The zero-order chi connectivity index (χ0) is 30.8. The number of hydrogen-bond donors (Lipinski definition) is 1. The Labute approximate surface area is 253 Å². The molecule has 6 rings (SSSR count). The number of nitrogens with zero attached hydrogens (tertiary/aromatic N) is 4. The van der Waals surface area contributed by atoms with E-state index in [2.05, 4.69) is 15.4 Å². The van der Waals surface area contributed by atoms with E-state index in [1.807, 2.05) is 6.07 Å². The average Bonchev–Trinajstić information content (AvgIpc) is 3.45. The number of nitrogens with one attached hydrogen (secondary N) is 1. The molecule has 0 aliphatic heterocycles. The molecular weight excluding hydrogens is 592 g/mol. The SMILES string of the molecule is CCOc1ccn(-c2ccc(F)cc2)c(=O)c1C(=O)Nc1ccc(Oc2ccnn3ccc(-c4ccnc(Cl)c4)c23)c(F)c1. The van der Waals surface area contributed by atoms with Crippen molar-refractivity contribution < 1.29 is 23.0 Å². The number of rotatable bonds is 8. The molecule has 0 bridgehead atoms. The number of halogens is 3. The lowest BCUT2D eigenvalue weighted by atomic mass is 10.1. The van der Waals surface area contributed by atoms with Crippen LogP contribution in [-0.2, 0) is 0 Å². The molecule has 0 aliphatic rings. The van der Waals surface area contributed by atoms with E-state index >= 15 is 4.39 Å². The summed E-state index contributed by atoms with van der Waals surface area (Å²) in [6.07, 6.45) is 6.27. The van der Waals surface area contributed by atoms with Gasteiger partial charge in [-0.25, -0.2) is 18.3 Å². The van der Waals surface area contributed by atoms with Crippen molar-refractivity contribution >= 4 is 28.7 Å². The summed E-state index contributed by atoms with van der Waals surface area (Å²) in [4.78, 5) is 30.7. The van der Waals surface area contributed by atoms with Gasteiger partial charge in [-0.1, -0.05) is 11.6 Å². The Balaban J connectivity index is 1.29. The lowest BCUT2D eigenvalue weighted by Crippen LogP contribution is -2.29. The minimum atomic E-state index is -0.812. The highest BCUT2D eigenvalue weighted by atomic mass is 35.5. The van der Waals surface area contributed by atoms with Gasteiger partial charge in [0.25, 0.3) is 11.5 Å². The highest BCUT2D eigenvalue weighted by molar-refractivity contribution is 6.29. The van der Waals surface area contributed by atoms with E-state index in [0.717, 1.165) is 17.2 Å².